The first-order valence-corrected chi connectivity index (χ1v) is 11.8. The molecule has 0 amide bonds. The Morgan fingerprint density at radius 2 is 1.43 bits per heavy atom. The predicted octanol–water partition coefficient (Wildman–Crippen LogP) is 6.52. The lowest BCUT2D eigenvalue weighted by Gasteiger charge is -2.30. The van der Waals surface area contributed by atoms with E-state index in [1.165, 1.54) is 22.3 Å². The van der Waals surface area contributed by atoms with Gasteiger partial charge in [0.15, 0.2) is 0 Å². The van der Waals surface area contributed by atoms with Crippen molar-refractivity contribution in [1.29, 1.82) is 0 Å². The molecule has 0 bridgehead atoms. The van der Waals surface area contributed by atoms with Gasteiger partial charge in [0.2, 0.25) is 0 Å². The SMILES string of the molecule is CC(C)Cc1cccc(CNC(C)CC(C)(C)Cc2ccccc2CNC(C)C)c1. The van der Waals surface area contributed by atoms with Crippen LogP contribution in [0.25, 0.3) is 0 Å². The highest BCUT2D eigenvalue weighted by molar-refractivity contribution is 5.28. The third-order valence-electron chi connectivity index (χ3n) is 5.64. The molecule has 0 saturated carbocycles. The molecule has 2 aromatic rings. The summed E-state index contributed by atoms with van der Waals surface area (Å²) in [7, 11) is 0. The highest BCUT2D eigenvalue weighted by Crippen LogP contribution is 2.29. The third kappa shape index (κ3) is 9.02. The molecular weight excluding hydrogens is 364 g/mol. The fourth-order valence-corrected chi connectivity index (χ4v) is 4.34. The molecule has 2 heteroatoms. The van der Waals surface area contributed by atoms with E-state index in [9.17, 15) is 0 Å². The largest absolute Gasteiger partial charge is 0.310 e. The predicted molar refractivity (Wildman–Crippen MR) is 132 cm³/mol. The van der Waals surface area contributed by atoms with Crippen LogP contribution in [0.2, 0.25) is 0 Å². The van der Waals surface area contributed by atoms with Crippen molar-refractivity contribution < 1.29 is 0 Å². The summed E-state index contributed by atoms with van der Waals surface area (Å²) in [6, 6.07) is 19.0. The van der Waals surface area contributed by atoms with Crippen molar-refractivity contribution in [2.45, 2.75) is 92.9 Å². The number of nitrogens with one attached hydrogen (secondary N) is 2. The Hall–Kier alpha value is -1.64. The number of hydrogen-bond acceptors (Lipinski definition) is 2. The minimum atomic E-state index is 0.250. The quantitative estimate of drug-likeness (QED) is 0.418. The lowest BCUT2D eigenvalue weighted by molar-refractivity contribution is 0.285. The summed E-state index contributed by atoms with van der Waals surface area (Å²) in [6.45, 7) is 18.0. The molecule has 0 aliphatic heterocycles. The zero-order valence-electron chi connectivity index (χ0n) is 20.4. The summed E-state index contributed by atoms with van der Waals surface area (Å²) in [4.78, 5) is 0. The second-order valence-electron chi connectivity index (χ2n) is 10.5. The van der Waals surface area contributed by atoms with Gasteiger partial charge in [0, 0.05) is 25.2 Å². The van der Waals surface area contributed by atoms with Gasteiger partial charge < -0.3 is 10.6 Å². The topological polar surface area (TPSA) is 24.1 Å². The van der Waals surface area contributed by atoms with E-state index in [2.05, 4.69) is 108 Å². The zero-order valence-corrected chi connectivity index (χ0v) is 20.4. The molecule has 2 nitrogen and oxygen atoms in total. The maximum Gasteiger partial charge on any atom is 0.0210 e. The summed E-state index contributed by atoms with van der Waals surface area (Å²) >= 11 is 0. The van der Waals surface area contributed by atoms with E-state index in [1.807, 2.05) is 0 Å². The van der Waals surface area contributed by atoms with E-state index in [4.69, 9.17) is 0 Å². The van der Waals surface area contributed by atoms with Crippen molar-refractivity contribution in [3.63, 3.8) is 0 Å². The Morgan fingerprint density at radius 3 is 2.10 bits per heavy atom. The van der Waals surface area contributed by atoms with E-state index in [0.29, 0.717) is 18.0 Å². The molecule has 2 rings (SSSR count). The minimum Gasteiger partial charge on any atom is -0.310 e. The Labute approximate surface area is 185 Å². The van der Waals surface area contributed by atoms with Crippen LogP contribution in [0.3, 0.4) is 0 Å². The Morgan fingerprint density at radius 1 is 0.767 bits per heavy atom. The fraction of sp³-hybridized carbons (Fsp3) is 0.571. The Kier molecular flexibility index (Phi) is 9.58. The lowest BCUT2D eigenvalue weighted by atomic mass is 9.79. The van der Waals surface area contributed by atoms with Crippen LogP contribution in [0, 0.1) is 11.3 Å². The molecule has 2 N–H and O–H groups in total. The summed E-state index contributed by atoms with van der Waals surface area (Å²) in [6.07, 6.45) is 3.42. The number of hydrogen-bond donors (Lipinski definition) is 2. The van der Waals surface area contributed by atoms with E-state index in [1.54, 1.807) is 0 Å². The van der Waals surface area contributed by atoms with E-state index in [-0.39, 0.29) is 5.41 Å². The molecule has 1 unspecified atom stereocenters. The van der Waals surface area contributed by atoms with Gasteiger partial charge in [0.1, 0.15) is 0 Å². The standard InChI is InChI=1S/C28H44N2/c1-21(2)15-24-11-10-12-25(16-24)19-30-23(5)17-28(6,7)18-26-13-8-9-14-27(26)20-29-22(3)4/h8-14,16,21-23,29-30H,15,17-20H2,1-7H3. The van der Waals surface area contributed by atoms with Gasteiger partial charge in [0.25, 0.3) is 0 Å². The molecule has 0 aliphatic rings. The summed E-state index contributed by atoms with van der Waals surface area (Å²) in [5, 5.41) is 7.33. The van der Waals surface area contributed by atoms with Crippen molar-refractivity contribution >= 4 is 0 Å². The second-order valence-corrected chi connectivity index (χ2v) is 10.5. The molecule has 0 aromatic heterocycles. The van der Waals surface area contributed by atoms with Gasteiger partial charge in [0.05, 0.1) is 0 Å². The Balaban J connectivity index is 1.91. The van der Waals surface area contributed by atoms with Crippen LogP contribution < -0.4 is 10.6 Å². The van der Waals surface area contributed by atoms with Gasteiger partial charge in [-0.1, -0.05) is 90.1 Å². The van der Waals surface area contributed by atoms with E-state index < -0.39 is 0 Å². The van der Waals surface area contributed by atoms with Gasteiger partial charge >= 0.3 is 0 Å². The van der Waals surface area contributed by atoms with Crippen LogP contribution in [0.4, 0.5) is 0 Å². The molecule has 0 radical (unpaired) electrons. The monoisotopic (exact) mass is 408 g/mol. The van der Waals surface area contributed by atoms with Crippen molar-refractivity contribution in [1.82, 2.24) is 10.6 Å². The molecule has 166 valence electrons. The van der Waals surface area contributed by atoms with Crippen LogP contribution in [0.1, 0.15) is 77.1 Å². The first kappa shape index (κ1) is 24.6. The summed E-state index contributed by atoms with van der Waals surface area (Å²) in [5.74, 6) is 0.701. The fourth-order valence-electron chi connectivity index (χ4n) is 4.34. The van der Waals surface area contributed by atoms with Gasteiger partial charge in [-0.05, 0) is 59.8 Å². The van der Waals surface area contributed by atoms with Crippen molar-refractivity contribution in [3.05, 3.63) is 70.8 Å². The van der Waals surface area contributed by atoms with Crippen molar-refractivity contribution in [3.8, 4) is 0 Å². The molecule has 2 aromatic carbocycles. The first-order valence-electron chi connectivity index (χ1n) is 11.8. The highest BCUT2D eigenvalue weighted by atomic mass is 14.9. The summed E-state index contributed by atoms with van der Waals surface area (Å²) in [5.41, 5.74) is 6.00. The van der Waals surface area contributed by atoms with E-state index >= 15 is 0 Å². The van der Waals surface area contributed by atoms with Crippen molar-refractivity contribution in [2.75, 3.05) is 0 Å². The van der Waals surface area contributed by atoms with Gasteiger partial charge in [-0.15, -0.1) is 0 Å². The van der Waals surface area contributed by atoms with Crippen LogP contribution >= 0.6 is 0 Å². The van der Waals surface area contributed by atoms with Gasteiger partial charge in [-0.2, -0.15) is 0 Å². The van der Waals surface area contributed by atoms with Crippen LogP contribution in [-0.2, 0) is 25.9 Å². The Bertz CT molecular complexity index is 761. The maximum atomic E-state index is 3.76. The third-order valence-corrected chi connectivity index (χ3v) is 5.64. The molecule has 0 saturated heterocycles. The van der Waals surface area contributed by atoms with Crippen LogP contribution in [-0.4, -0.2) is 12.1 Å². The van der Waals surface area contributed by atoms with Crippen molar-refractivity contribution in [2.24, 2.45) is 11.3 Å². The molecule has 0 aliphatic carbocycles. The molecule has 0 fully saturated rings. The van der Waals surface area contributed by atoms with Gasteiger partial charge in [-0.3, -0.25) is 0 Å². The van der Waals surface area contributed by atoms with Crippen LogP contribution in [0.5, 0.6) is 0 Å². The van der Waals surface area contributed by atoms with Gasteiger partial charge in [-0.25, -0.2) is 0 Å². The molecule has 1 atom stereocenters. The average molecular weight is 409 g/mol. The molecule has 0 spiro atoms. The maximum absolute atomic E-state index is 3.76. The van der Waals surface area contributed by atoms with Crippen LogP contribution in [0.15, 0.2) is 48.5 Å². The molecule has 0 heterocycles. The average Bonchev–Trinajstić information content (AvgIpc) is 2.64. The zero-order chi connectivity index (χ0) is 22.1. The highest BCUT2D eigenvalue weighted by Gasteiger charge is 2.22. The summed E-state index contributed by atoms with van der Waals surface area (Å²) < 4.78 is 0. The van der Waals surface area contributed by atoms with E-state index in [0.717, 1.165) is 32.4 Å². The minimum absolute atomic E-state index is 0.250. The normalized spacial score (nSPS) is 13.2. The first-order chi connectivity index (χ1) is 14.1. The second kappa shape index (κ2) is 11.7. The number of rotatable bonds is 12. The molecule has 30 heavy (non-hydrogen) atoms. The lowest BCUT2D eigenvalue weighted by Crippen LogP contribution is -2.32. The number of benzene rings is 2. The smallest absolute Gasteiger partial charge is 0.0210 e. The molecular formula is C28H44N2.